The third-order valence-electron chi connectivity index (χ3n) is 6.81. The van der Waals surface area contributed by atoms with Gasteiger partial charge in [0.25, 0.3) is 5.56 Å². The molecule has 0 N–H and O–H groups in total. The Kier molecular flexibility index (Phi) is 6.51. The first-order valence-corrected chi connectivity index (χ1v) is 11.5. The van der Waals surface area contributed by atoms with Gasteiger partial charge in [0, 0.05) is 13.1 Å². The minimum absolute atomic E-state index is 0.0521. The van der Waals surface area contributed by atoms with Crippen LogP contribution in [0.4, 0.5) is 13.2 Å². The largest absolute Gasteiger partial charge is 0.438 e. The molecule has 1 amide bonds. The Hall–Kier alpha value is -3.16. The predicted molar refractivity (Wildman–Crippen MR) is 125 cm³/mol. The number of alkyl halides is 3. The van der Waals surface area contributed by atoms with Gasteiger partial charge in [-0.2, -0.15) is 13.2 Å². The summed E-state index contributed by atoms with van der Waals surface area (Å²) >= 11 is 0. The summed E-state index contributed by atoms with van der Waals surface area (Å²) in [5.41, 5.74) is 0.326. The highest BCUT2D eigenvalue weighted by atomic mass is 19.4. The highest BCUT2D eigenvalue weighted by Gasteiger charge is 2.39. The van der Waals surface area contributed by atoms with Gasteiger partial charge in [-0.1, -0.05) is 30.3 Å². The highest BCUT2D eigenvalue weighted by molar-refractivity contribution is 5.84. The first-order chi connectivity index (χ1) is 16.1. The van der Waals surface area contributed by atoms with Gasteiger partial charge in [-0.05, 0) is 74.8 Å². The van der Waals surface area contributed by atoms with Crippen LogP contribution in [0.25, 0.3) is 11.0 Å². The summed E-state index contributed by atoms with van der Waals surface area (Å²) in [5, 5.41) is 0. The predicted octanol–water partition coefficient (Wildman–Crippen LogP) is 5.07. The van der Waals surface area contributed by atoms with Gasteiger partial charge in [0.05, 0.1) is 11.0 Å². The molecule has 0 spiro atoms. The van der Waals surface area contributed by atoms with Gasteiger partial charge >= 0.3 is 6.18 Å². The van der Waals surface area contributed by atoms with Crippen LogP contribution in [0.2, 0.25) is 0 Å². The first-order valence-electron chi connectivity index (χ1n) is 11.5. The smallest absolute Gasteiger partial charge is 0.341 e. The Labute approximate surface area is 196 Å². The van der Waals surface area contributed by atoms with E-state index in [4.69, 9.17) is 0 Å². The van der Waals surface area contributed by atoms with Crippen LogP contribution in [0.3, 0.4) is 0 Å². The van der Waals surface area contributed by atoms with E-state index in [0.29, 0.717) is 19.0 Å². The monoisotopic (exact) mass is 471 g/mol. The van der Waals surface area contributed by atoms with E-state index in [2.05, 4.69) is 17.1 Å². The van der Waals surface area contributed by atoms with Gasteiger partial charge in [0.1, 0.15) is 6.04 Å². The van der Waals surface area contributed by atoms with Gasteiger partial charge in [-0.15, -0.1) is 0 Å². The normalized spacial score (nSPS) is 16.1. The zero-order valence-corrected chi connectivity index (χ0v) is 19.5. The summed E-state index contributed by atoms with van der Waals surface area (Å²) < 4.78 is 41.8. The third-order valence-corrected chi connectivity index (χ3v) is 6.81. The Morgan fingerprint density at radius 3 is 2.32 bits per heavy atom. The SMILES string of the molecule is Cc1cc2nc(C(F)(F)F)c(=O)n([C@H](C)C(=O)N3CCC(Cc4ccccc4)CC3)c2cc1C. The second-order valence-electron chi connectivity index (χ2n) is 9.19. The van der Waals surface area contributed by atoms with E-state index in [1.54, 1.807) is 17.9 Å². The minimum Gasteiger partial charge on any atom is -0.341 e. The molecule has 3 aromatic rings. The lowest BCUT2D eigenvalue weighted by molar-refractivity contribution is -0.143. The number of likely N-dealkylation sites (tertiary alicyclic amines) is 1. The number of amides is 1. The molecular formula is C26H28F3N3O2. The second-order valence-corrected chi connectivity index (χ2v) is 9.19. The molecule has 0 unspecified atom stereocenters. The molecule has 0 aliphatic carbocycles. The number of hydrogen-bond acceptors (Lipinski definition) is 3. The van der Waals surface area contributed by atoms with E-state index in [9.17, 15) is 22.8 Å². The van der Waals surface area contributed by atoms with Crippen molar-refractivity contribution in [3.8, 4) is 0 Å². The van der Waals surface area contributed by atoms with Crippen LogP contribution < -0.4 is 5.56 Å². The summed E-state index contributed by atoms with van der Waals surface area (Å²) in [5.74, 6) is 0.0906. The molecule has 1 atom stereocenters. The van der Waals surface area contributed by atoms with E-state index < -0.39 is 23.5 Å². The summed E-state index contributed by atoms with van der Waals surface area (Å²) in [7, 11) is 0. The van der Waals surface area contributed by atoms with E-state index in [0.717, 1.165) is 35.0 Å². The van der Waals surface area contributed by atoms with Gasteiger partial charge < -0.3 is 4.90 Å². The molecule has 1 aliphatic heterocycles. The lowest BCUT2D eigenvalue weighted by Gasteiger charge is -2.34. The highest BCUT2D eigenvalue weighted by Crippen LogP contribution is 2.29. The van der Waals surface area contributed by atoms with Crippen LogP contribution in [-0.4, -0.2) is 33.4 Å². The van der Waals surface area contributed by atoms with Crippen molar-refractivity contribution < 1.29 is 18.0 Å². The van der Waals surface area contributed by atoms with Crippen molar-refractivity contribution in [2.24, 2.45) is 5.92 Å². The number of piperidine rings is 1. The molecule has 34 heavy (non-hydrogen) atoms. The molecule has 0 bridgehead atoms. The summed E-state index contributed by atoms with van der Waals surface area (Å²) in [6.07, 6.45) is -2.36. The number of rotatable bonds is 4. The summed E-state index contributed by atoms with van der Waals surface area (Å²) in [6.45, 7) is 6.11. The van der Waals surface area contributed by atoms with E-state index >= 15 is 0 Å². The Bertz CT molecular complexity index is 1260. The van der Waals surface area contributed by atoms with Crippen LogP contribution >= 0.6 is 0 Å². The van der Waals surface area contributed by atoms with Gasteiger partial charge in [-0.3, -0.25) is 14.2 Å². The summed E-state index contributed by atoms with van der Waals surface area (Å²) in [4.78, 5) is 31.6. The maximum absolute atomic E-state index is 13.6. The summed E-state index contributed by atoms with van der Waals surface area (Å²) in [6, 6.07) is 12.2. The van der Waals surface area contributed by atoms with E-state index in [-0.39, 0.29) is 16.9 Å². The molecule has 180 valence electrons. The van der Waals surface area contributed by atoms with Crippen LogP contribution in [0.5, 0.6) is 0 Å². The average Bonchev–Trinajstić information content (AvgIpc) is 2.79. The van der Waals surface area contributed by atoms with Crippen molar-refractivity contribution >= 4 is 16.9 Å². The molecular weight excluding hydrogens is 443 g/mol. The van der Waals surface area contributed by atoms with Crippen molar-refractivity contribution in [2.45, 2.75) is 52.3 Å². The van der Waals surface area contributed by atoms with Crippen molar-refractivity contribution in [3.05, 3.63) is 75.2 Å². The first kappa shape index (κ1) is 24.0. The second kappa shape index (κ2) is 9.24. The number of nitrogens with zero attached hydrogens (tertiary/aromatic N) is 3. The van der Waals surface area contributed by atoms with Crippen LogP contribution in [0.15, 0.2) is 47.3 Å². The molecule has 1 saturated heterocycles. The van der Waals surface area contributed by atoms with E-state index in [1.165, 1.54) is 18.6 Å². The minimum atomic E-state index is -4.91. The van der Waals surface area contributed by atoms with Gasteiger partial charge in [0.2, 0.25) is 11.6 Å². The number of fused-ring (bicyclic) bond motifs is 1. The Morgan fingerprint density at radius 2 is 1.71 bits per heavy atom. The molecule has 2 heterocycles. The van der Waals surface area contributed by atoms with Crippen LogP contribution in [-0.2, 0) is 17.4 Å². The molecule has 1 fully saturated rings. The quantitative estimate of drug-likeness (QED) is 0.534. The average molecular weight is 472 g/mol. The molecule has 0 saturated carbocycles. The van der Waals surface area contributed by atoms with Gasteiger partial charge in [-0.25, -0.2) is 4.98 Å². The number of aromatic nitrogens is 2. The lowest BCUT2D eigenvalue weighted by atomic mass is 9.90. The maximum Gasteiger partial charge on any atom is 0.438 e. The van der Waals surface area contributed by atoms with Crippen molar-refractivity contribution in [1.82, 2.24) is 14.5 Å². The fourth-order valence-corrected chi connectivity index (χ4v) is 4.71. The molecule has 0 radical (unpaired) electrons. The lowest BCUT2D eigenvalue weighted by Crippen LogP contribution is -2.44. The van der Waals surface area contributed by atoms with Crippen molar-refractivity contribution in [3.63, 3.8) is 0 Å². The number of hydrogen-bond donors (Lipinski definition) is 0. The molecule has 4 rings (SSSR count). The molecule has 8 heteroatoms. The van der Waals surface area contributed by atoms with Crippen LogP contribution in [0.1, 0.15) is 48.2 Å². The number of carbonyl (C=O) groups is 1. The maximum atomic E-state index is 13.6. The van der Waals surface area contributed by atoms with Crippen molar-refractivity contribution in [1.29, 1.82) is 0 Å². The molecule has 5 nitrogen and oxygen atoms in total. The topological polar surface area (TPSA) is 55.2 Å². The standard InChI is InChI=1S/C26H28F3N3O2/c1-16-13-21-22(14-17(16)2)32(25(34)23(30-21)26(27,28)29)18(3)24(33)31-11-9-20(10-12-31)15-19-7-5-4-6-8-19/h4-8,13-14,18,20H,9-12,15H2,1-3H3/t18-/m1/s1. The van der Waals surface area contributed by atoms with E-state index in [1.807, 2.05) is 25.1 Å². The zero-order chi connectivity index (χ0) is 24.6. The Morgan fingerprint density at radius 1 is 1.09 bits per heavy atom. The fraction of sp³-hybridized carbons (Fsp3) is 0.423. The van der Waals surface area contributed by atoms with Crippen molar-refractivity contribution in [2.75, 3.05) is 13.1 Å². The number of benzene rings is 2. The number of aryl methyl sites for hydroxylation is 2. The Balaban J connectivity index is 1.61. The third kappa shape index (κ3) is 4.72. The molecule has 1 aromatic heterocycles. The fourth-order valence-electron chi connectivity index (χ4n) is 4.71. The number of carbonyl (C=O) groups excluding carboxylic acids is 1. The molecule has 2 aromatic carbocycles. The van der Waals surface area contributed by atoms with Crippen LogP contribution in [0, 0.1) is 19.8 Å². The van der Waals surface area contributed by atoms with Gasteiger partial charge in [0.15, 0.2) is 0 Å². The number of halogens is 3. The molecule has 1 aliphatic rings. The zero-order valence-electron chi connectivity index (χ0n) is 19.5.